The third-order valence-electron chi connectivity index (χ3n) is 1.91. The van der Waals surface area contributed by atoms with Gasteiger partial charge in [0.05, 0.1) is 0 Å². The minimum Gasteiger partial charge on any atom is -0.0991 e. The lowest BCUT2D eigenvalue weighted by Crippen LogP contribution is -1.91. The van der Waals surface area contributed by atoms with E-state index < -0.39 is 0 Å². The molecule has 0 N–H and O–H groups in total. The maximum absolute atomic E-state index is 3.68. The molecule has 0 bridgehead atoms. The topological polar surface area (TPSA) is 0 Å². The fourth-order valence-corrected chi connectivity index (χ4v) is 1.19. The van der Waals surface area contributed by atoms with Crippen LogP contribution in [-0.4, -0.2) is 0 Å². The van der Waals surface area contributed by atoms with Crippen LogP contribution in [0, 0.1) is 0 Å². The normalized spacial score (nSPS) is 22.5. The summed E-state index contributed by atoms with van der Waals surface area (Å²) in [5.41, 5.74) is 3.04. The van der Waals surface area contributed by atoms with Crippen molar-refractivity contribution in [2.45, 2.75) is 26.2 Å². The molecule has 0 fully saturated rings. The molecule has 0 atom stereocenters. The van der Waals surface area contributed by atoms with E-state index in [1.54, 1.807) is 0 Å². The van der Waals surface area contributed by atoms with Crippen molar-refractivity contribution in [3.05, 3.63) is 36.0 Å². The SMILES string of the molecule is C=CC=C1CC=C(C)CC1. The fourth-order valence-electron chi connectivity index (χ4n) is 1.19. The minimum absolute atomic E-state index is 1.14. The molecule has 0 heterocycles. The maximum Gasteiger partial charge on any atom is -0.0133 e. The van der Waals surface area contributed by atoms with Gasteiger partial charge < -0.3 is 0 Å². The molecule has 0 heteroatoms. The van der Waals surface area contributed by atoms with E-state index in [1.165, 1.54) is 24.0 Å². The Morgan fingerprint density at radius 2 is 2.30 bits per heavy atom. The molecule has 0 saturated carbocycles. The molecule has 1 aliphatic carbocycles. The predicted octanol–water partition coefficient (Wildman–Crippen LogP) is 3.23. The van der Waals surface area contributed by atoms with Crippen LogP contribution in [0.25, 0.3) is 0 Å². The molecule has 1 aliphatic rings. The average molecular weight is 134 g/mol. The molecule has 0 amide bonds. The minimum atomic E-state index is 1.14. The van der Waals surface area contributed by atoms with Gasteiger partial charge in [-0.15, -0.1) is 0 Å². The van der Waals surface area contributed by atoms with E-state index in [4.69, 9.17) is 0 Å². The summed E-state index contributed by atoms with van der Waals surface area (Å²) in [6, 6.07) is 0. The second kappa shape index (κ2) is 3.40. The van der Waals surface area contributed by atoms with E-state index in [0.29, 0.717) is 0 Å². The van der Waals surface area contributed by atoms with Crippen LogP contribution >= 0.6 is 0 Å². The van der Waals surface area contributed by atoms with Crippen LogP contribution in [-0.2, 0) is 0 Å². The molecule has 1 rings (SSSR count). The van der Waals surface area contributed by atoms with Crippen molar-refractivity contribution < 1.29 is 0 Å². The highest BCUT2D eigenvalue weighted by atomic mass is 14.1. The van der Waals surface area contributed by atoms with Gasteiger partial charge in [0, 0.05) is 0 Å². The van der Waals surface area contributed by atoms with Gasteiger partial charge in [0.1, 0.15) is 0 Å². The van der Waals surface area contributed by atoms with E-state index in [2.05, 4.69) is 25.7 Å². The van der Waals surface area contributed by atoms with Crippen LogP contribution in [0.4, 0.5) is 0 Å². The van der Waals surface area contributed by atoms with Gasteiger partial charge in [0.25, 0.3) is 0 Å². The zero-order chi connectivity index (χ0) is 7.40. The fraction of sp³-hybridized carbons (Fsp3) is 0.400. The largest absolute Gasteiger partial charge is 0.0991 e. The quantitative estimate of drug-likeness (QED) is 0.483. The highest BCUT2D eigenvalue weighted by molar-refractivity contribution is 5.20. The van der Waals surface area contributed by atoms with Crippen LogP contribution in [0.5, 0.6) is 0 Å². The van der Waals surface area contributed by atoms with Gasteiger partial charge in [0.2, 0.25) is 0 Å². The summed E-state index contributed by atoms with van der Waals surface area (Å²) in [6.07, 6.45) is 9.91. The van der Waals surface area contributed by atoms with Crippen molar-refractivity contribution in [1.29, 1.82) is 0 Å². The van der Waals surface area contributed by atoms with Gasteiger partial charge in [-0.05, 0) is 26.2 Å². The van der Waals surface area contributed by atoms with Crippen molar-refractivity contribution in [2.24, 2.45) is 0 Å². The third kappa shape index (κ3) is 1.87. The van der Waals surface area contributed by atoms with Crippen LogP contribution in [0.15, 0.2) is 36.0 Å². The van der Waals surface area contributed by atoms with E-state index in [9.17, 15) is 0 Å². The molecule has 0 aromatic heterocycles. The molecular weight excluding hydrogens is 120 g/mol. The zero-order valence-electron chi connectivity index (χ0n) is 6.56. The van der Waals surface area contributed by atoms with Gasteiger partial charge in [-0.2, -0.15) is 0 Å². The van der Waals surface area contributed by atoms with Crippen LogP contribution in [0.2, 0.25) is 0 Å². The molecule has 10 heavy (non-hydrogen) atoms. The average Bonchev–Trinajstić information content (AvgIpc) is 1.95. The smallest absolute Gasteiger partial charge is 0.0133 e. The van der Waals surface area contributed by atoms with Crippen molar-refractivity contribution in [3.63, 3.8) is 0 Å². The lowest BCUT2D eigenvalue weighted by molar-refractivity contribution is 0.850. The van der Waals surface area contributed by atoms with Gasteiger partial charge in [0.15, 0.2) is 0 Å². The van der Waals surface area contributed by atoms with Crippen molar-refractivity contribution >= 4 is 0 Å². The summed E-state index contributed by atoms with van der Waals surface area (Å²) in [6.45, 7) is 5.88. The summed E-state index contributed by atoms with van der Waals surface area (Å²) >= 11 is 0. The molecular formula is C10H14. The second-order valence-corrected chi connectivity index (χ2v) is 2.82. The van der Waals surface area contributed by atoms with Crippen LogP contribution in [0.1, 0.15) is 26.2 Å². The van der Waals surface area contributed by atoms with Gasteiger partial charge in [-0.1, -0.05) is 36.0 Å². The first-order chi connectivity index (χ1) is 4.83. The van der Waals surface area contributed by atoms with E-state index >= 15 is 0 Å². The maximum atomic E-state index is 3.68. The predicted molar refractivity (Wildman–Crippen MR) is 45.9 cm³/mol. The van der Waals surface area contributed by atoms with Crippen molar-refractivity contribution in [2.75, 3.05) is 0 Å². The Morgan fingerprint density at radius 1 is 1.50 bits per heavy atom. The molecule has 0 radical (unpaired) electrons. The highest BCUT2D eigenvalue weighted by Gasteiger charge is 2.01. The molecule has 0 unspecified atom stereocenters. The lowest BCUT2D eigenvalue weighted by atomic mass is 9.95. The van der Waals surface area contributed by atoms with Crippen molar-refractivity contribution in [1.82, 2.24) is 0 Å². The van der Waals surface area contributed by atoms with E-state index in [1.807, 2.05) is 6.08 Å². The Kier molecular flexibility index (Phi) is 2.49. The summed E-state index contributed by atoms with van der Waals surface area (Å²) in [5, 5.41) is 0. The Balaban J connectivity index is 2.57. The summed E-state index contributed by atoms with van der Waals surface area (Å²) in [7, 11) is 0. The summed E-state index contributed by atoms with van der Waals surface area (Å²) in [5.74, 6) is 0. The van der Waals surface area contributed by atoms with E-state index in [0.717, 1.165) is 6.42 Å². The molecule has 0 aromatic rings. The molecule has 0 aromatic carbocycles. The number of allylic oxidation sites excluding steroid dienone is 5. The number of hydrogen-bond acceptors (Lipinski definition) is 0. The van der Waals surface area contributed by atoms with Crippen LogP contribution < -0.4 is 0 Å². The third-order valence-corrected chi connectivity index (χ3v) is 1.91. The molecule has 0 saturated heterocycles. The standard InChI is InChI=1S/C10H14/c1-3-4-10-7-5-9(2)6-8-10/h3-5H,1,6-8H2,2H3. The Bertz CT molecular complexity index is 182. The Labute approximate surface area is 62.9 Å². The first kappa shape index (κ1) is 7.33. The Morgan fingerprint density at radius 3 is 2.80 bits per heavy atom. The lowest BCUT2D eigenvalue weighted by Gasteiger charge is -2.11. The van der Waals surface area contributed by atoms with E-state index in [-0.39, 0.29) is 0 Å². The number of hydrogen-bond donors (Lipinski definition) is 0. The molecule has 0 aliphatic heterocycles. The monoisotopic (exact) mass is 134 g/mol. The molecule has 0 spiro atoms. The van der Waals surface area contributed by atoms with Crippen molar-refractivity contribution in [3.8, 4) is 0 Å². The van der Waals surface area contributed by atoms with Gasteiger partial charge in [-0.3, -0.25) is 0 Å². The zero-order valence-corrected chi connectivity index (χ0v) is 6.56. The molecule has 0 nitrogen and oxygen atoms in total. The van der Waals surface area contributed by atoms with Gasteiger partial charge in [-0.25, -0.2) is 0 Å². The first-order valence-corrected chi connectivity index (χ1v) is 3.79. The highest BCUT2D eigenvalue weighted by Crippen LogP contribution is 2.21. The second-order valence-electron chi connectivity index (χ2n) is 2.82. The summed E-state index contributed by atoms with van der Waals surface area (Å²) in [4.78, 5) is 0. The first-order valence-electron chi connectivity index (χ1n) is 3.79. The van der Waals surface area contributed by atoms with Gasteiger partial charge >= 0.3 is 0 Å². The molecule has 54 valence electrons. The summed E-state index contributed by atoms with van der Waals surface area (Å²) < 4.78 is 0. The number of rotatable bonds is 1. The van der Waals surface area contributed by atoms with Crippen LogP contribution in [0.3, 0.4) is 0 Å². The Hall–Kier alpha value is -0.780.